The smallest absolute Gasteiger partial charge is 0.225 e. The van der Waals surface area contributed by atoms with Crippen LogP contribution in [-0.4, -0.2) is 49.7 Å². The first-order valence-corrected chi connectivity index (χ1v) is 10.9. The van der Waals surface area contributed by atoms with Crippen LogP contribution in [0, 0.1) is 11.8 Å². The van der Waals surface area contributed by atoms with Crippen LogP contribution >= 0.6 is 0 Å². The third-order valence-electron chi connectivity index (χ3n) is 5.36. The number of sulfonamides is 1. The molecular weight excluding hydrogens is 336 g/mol. The second-order valence-electron chi connectivity index (χ2n) is 7.45. The summed E-state index contributed by atoms with van der Waals surface area (Å²) in [5.74, 6) is 0.819. The van der Waals surface area contributed by atoms with Gasteiger partial charge in [-0.25, -0.2) is 12.7 Å². The van der Waals surface area contributed by atoms with Crippen molar-refractivity contribution in [3.05, 3.63) is 35.9 Å². The van der Waals surface area contributed by atoms with E-state index in [1.807, 2.05) is 35.2 Å². The molecule has 2 aliphatic heterocycles. The van der Waals surface area contributed by atoms with Crippen molar-refractivity contribution >= 4 is 15.9 Å². The Balaban J connectivity index is 1.55. The Kier molecular flexibility index (Phi) is 5.79. The van der Waals surface area contributed by atoms with Gasteiger partial charge in [-0.3, -0.25) is 4.79 Å². The van der Waals surface area contributed by atoms with Gasteiger partial charge >= 0.3 is 0 Å². The number of carbonyl (C=O) groups is 1. The molecule has 6 heteroatoms. The molecule has 2 heterocycles. The standard InChI is InChI=1S/C19H28N2O3S/c1-16-6-5-11-20(14-16)19(22)18-9-12-21(13-10-18)25(23,24)15-17-7-3-2-4-8-17/h2-4,7-8,16,18H,5-6,9-15H2,1H3/t16-/m0/s1. The van der Waals surface area contributed by atoms with E-state index in [0.717, 1.165) is 25.1 Å². The minimum Gasteiger partial charge on any atom is -0.342 e. The van der Waals surface area contributed by atoms with Crippen LogP contribution in [0.3, 0.4) is 0 Å². The molecule has 0 aromatic heterocycles. The van der Waals surface area contributed by atoms with E-state index in [1.54, 1.807) is 4.31 Å². The summed E-state index contributed by atoms with van der Waals surface area (Å²) >= 11 is 0. The van der Waals surface area contributed by atoms with E-state index >= 15 is 0 Å². The highest BCUT2D eigenvalue weighted by Gasteiger charge is 2.34. The van der Waals surface area contributed by atoms with E-state index < -0.39 is 10.0 Å². The Morgan fingerprint density at radius 1 is 1.08 bits per heavy atom. The van der Waals surface area contributed by atoms with Crippen molar-refractivity contribution in [3.8, 4) is 0 Å². The number of amides is 1. The summed E-state index contributed by atoms with van der Waals surface area (Å²) in [6.07, 6.45) is 3.55. The summed E-state index contributed by atoms with van der Waals surface area (Å²) in [6, 6.07) is 9.27. The normalized spacial score (nSPS) is 23.6. The summed E-state index contributed by atoms with van der Waals surface area (Å²) in [5.41, 5.74) is 0.808. The number of rotatable bonds is 4. The third-order valence-corrected chi connectivity index (χ3v) is 7.21. The van der Waals surface area contributed by atoms with Crippen molar-refractivity contribution in [2.45, 2.75) is 38.4 Å². The lowest BCUT2D eigenvalue weighted by atomic mass is 9.93. The molecule has 25 heavy (non-hydrogen) atoms. The second kappa shape index (κ2) is 7.87. The predicted molar refractivity (Wildman–Crippen MR) is 98.3 cm³/mol. The van der Waals surface area contributed by atoms with Gasteiger partial charge in [0.2, 0.25) is 15.9 Å². The predicted octanol–water partition coefficient (Wildman–Crippen LogP) is 2.49. The maximum atomic E-state index is 12.7. The Morgan fingerprint density at radius 2 is 1.76 bits per heavy atom. The number of benzene rings is 1. The maximum Gasteiger partial charge on any atom is 0.225 e. The highest BCUT2D eigenvalue weighted by Crippen LogP contribution is 2.25. The fraction of sp³-hybridized carbons (Fsp3) is 0.632. The van der Waals surface area contributed by atoms with Crippen molar-refractivity contribution in [2.75, 3.05) is 26.2 Å². The number of hydrogen-bond donors (Lipinski definition) is 0. The molecule has 0 spiro atoms. The molecule has 1 atom stereocenters. The monoisotopic (exact) mass is 364 g/mol. The topological polar surface area (TPSA) is 57.7 Å². The Bertz CT molecular complexity index is 682. The van der Waals surface area contributed by atoms with Gasteiger partial charge in [-0.15, -0.1) is 0 Å². The van der Waals surface area contributed by atoms with Gasteiger partial charge in [0.25, 0.3) is 0 Å². The zero-order valence-electron chi connectivity index (χ0n) is 14.9. The second-order valence-corrected chi connectivity index (χ2v) is 9.42. The van der Waals surface area contributed by atoms with Crippen LogP contribution in [0.2, 0.25) is 0 Å². The lowest BCUT2D eigenvalue weighted by Gasteiger charge is -2.36. The fourth-order valence-electron chi connectivity index (χ4n) is 3.90. The van der Waals surface area contributed by atoms with E-state index in [2.05, 4.69) is 6.92 Å². The Hall–Kier alpha value is -1.40. The molecule has 0 aliphatic carbocycles. The van der Waals surface area contributed by atoms with Gasteiger partial charge in [0.15, 0.2) is 0 Å². The average molecular weight is 365 g/mol. The number of hydrogen-bond acceptors (Lipinski definition) is 3. The van der Waals surface area contributed by atoms with Gasteiger partial charge in [-0.2, -0.15) is 0 Å². The quantitative estimate of drug-likeness (QED) is 0.825. The van der Waals surface area contributed by atoms with Crippen molar-refractivity contribution in [1.29, 1.82) is 0 Å². The first kappa shape index (κ1) is 18.4. The lowest BCUT2D eigenvalue weighted by molar-refractivity contribution is -0.138. The molecular formula is C19H28N2O3S. The van der Waals surface area contributed by atoms with Gasteiger partial charge in [0, 0.05) is 32.1 Å². The Labute approximate surface area is 151 Å². The molecule has 3 rings (SSSR count). The summed E-state index contributed by atoms with van der Waals surface area (Å²) in [7, 11) is -3.31. The molecule has 1 amide bonds. The van der Waals surface area contributed by atoms with Crippen molar-refractivity contribution < 1.29 is 13.2 Å². The van der Waals surface area contributed by atoms with Crippen LogP contribution < -0.4 is 0 Å². The first-order chi connectivity index (χ1) is 12.0. The van der Waals surface area contributed by atoms with Gasteiger partial charge in [0.1, 0.15) is 0 Å². The number of nitrogens with zero attached hydrogens (tertiary/aromatic N) is 2. The number of likely N-dealkylation sites (tertiary alicyclic amines) is 1. The maximum absolute atomic E-state index is 12.7. The minimum absolute atomic E-state index is 0.0199. The molecule has 2 aliphatic rings. The van der Waals surface area contributed by atoms with Crippen molar-refractivity contribution in [1.82, 2.24) is 9.21 Å². The summed E-state index contributed by atoms with van der Waals surface area (Å²) in [6.45, 7) is 4.81. The molecule has 1 aromatic carbocycles. The fourth-order valence-corrected chi connectivity index (χ4v) is 5.47. The van der Waals surface area contributed by atoms with Crippen molar-refractivity contribution in [3.63, 3.8) is 0 Å². The van der Waals surface area contributed by atoms with Crippen LogP contribution in [0.5, 0.6) is 0 Å². The molecule has 0 radical (unpaired) electrons. The van der Waals surface area contributed by atoms with Gasteiger partial charge in [-0.1, -0.05) is 37.3 Å². The molecule has 138 valence electrons. The van der Waals surface area contributed by atoms with Crippen LogP contribution in [0.25, 0.3) is 0 Å². The molecule has 0 N–H and O–H groups in total. The largest absolute Gasteiger partial charge is 0.342 e. The zero-order chi connectivity index (χ0) is 17.9. The van der Waals surface area contributed by atoms with Crippen LogP contribution in [0.15, 0.2) is 30.3 Å². The van der Waals surface area contributed by atoms with E-state index in [0.29, 0.717) is 31.8 Å². The minimum atomic E-state index is -3.31. The molecule has 2 fully saturated rings. The summed E-state index contributed by atoms with van der Waals surface area (Å²) in [4.78, 5) is 14.7. The van der Waals surface area contributed by atoms with Gasteiger partial charge < -0.3 is 4.90 Å². The van der Waals surface area contributed by atoms with E-state index in [4.69, 9.17) is 0 Å². The van der Waals surface area contributed by atoms with Crippen LogP contribution in [0.1, 0.15) is 38.2 Å². The van der Waals surface area contributed by atoms with Gasteiger partial charge in [-0.05, 0) is 37.2 Å². The summed E-state index contributed by atoms with van der Waals surface area (Å²) in [5, 5.41) is 0. The third kappa shape index (κ3) is 4.61. The summed E-state index contributed by atoms with van der Waals surface area (Å²) < 4.78 is 26.8. The highest BCUT2D eigenvalue weighted by molar-refractivity contribution is 7.88. The number of carbonyl (C=O) groups excluding carboxylic acids is 1. The molecule has 2 saturated heterocycles. The highest BCUT2D eigenvalue weighted by atomic mass is 32.2. The lowest BCUT2D eigenvalue weighted by Crippen LogP contribution is -2.47. The molecule has 0 saturated carbocycles. The van der Waals surface area contributed by atoms with E-state index in [-0.39, 0.29) is 17.6 Å². The zero-order valence-corrected chi connectivity index (χ0v) is 15.7. The average Bonchev–Trinajstić information content (AvgIpc) is 2.62. The van der Waals surface area contributed by atoms with E-state index in [9.17, 15) is 13.2 Å². The van der Waals surface area contributed by atoms with Crippen LogP contribution in [0.4, 0.5) is 0 Å². The van der Waals surface area contributed by atoms with Crippen molar-refractivity contribution in [2.24, 2.45) is 11.8 Å². The number of piperidine rings is 2. The SMILES string of the molecule is C[C@H]1CCCN(C(=O)C2CCN(S(=O)(=O)Cc3ccccc3)CC2)C1. The first-order valence-electron chi connectivity index (χ1n) is 9.26. The Morgan fingerprint density at radius 3 is 2.40 bits per heavy atom. The molecule has 5 nitrogen and oxygen atoms in total. The van der Waals surface area contributed by atoms with E-state index in [1.165, 1.54) is 6.42 Å². The molecule has 0 unspecified atom stereocenters. The van der Waals surface area contributed by atoms with Gasteiger partial charge in [0.05, 0.1) is 5.75 Å². The van der Waals surface area contributed by atoms with Crippen LogP contribution in [-0.2, 0) is 20.6 Å². The molecule has 0 bridgehead atoms. The molecule has 1 aromatic rings.